The highest BCUT2D eigenvalue weighted by Gasteiger charge is 2.20. The molecule has 0 amide bonds. The first-order valence-corrected chi connectivity index (χ1v) is 5.67. The topological polar surface area (TPSA) is 40.5 Å². The second kappa shape index (κ2) is 4.56. The largest absolute Gasteiger partial charge is 0.395 e. The molecular formula is C14H22O2. The highest BCUT2D eigenvalue weighted by molar-refractivity contribution is 5.30. The van der Waals surface area contributed by atoms with Gasteiger partial charge in [0.2, 0.25) is 0 Å². The van der Waals surface area contributed by atoms with E-state index in [1.54, 1.807) is 13.8 Å². The number of benzene rings is 1. The van der Waals surface area contributed by atoms with Gasteiger partial charge in [0.1, 0.15) is 0 Å². The standard InChI is InChI=1S/C14H22O2/c1-13(2,10-15)12-7-5-6-11(8-12)9-14(3,4)16/h5-8,15-16H,9-10H2,1-4H3. The molecule has 0 unspecified atom stereocenters. The first kappa shape index (κ1) is 13.2. The van der Waals surface area contributed by atoms with E-state index in [2.05, 4.69) is 6.07 Å². The lowest BCUT2D eigenvalue weighted by Gasteiger charge is -2.24. The van der Waals surface area contributed by atoms with Gasteiger partial charge < -0.3 is 10.2 Å². The Morgan fingerprint density at radius 3 is 2.25 bits per heavy atom. The van der Waals surface area contributed by atoms with Crippen LogP contribution < -0.4 is 0 Å². The second-order valence-electron chi connectivity index (χ2n) is 5.73. The van der Waals surface area contributed by atoms with Gasteiger partial charge in [-0.05, 0) is 25.0 Å². The van der Waals surface area contributed by atoms with Gasteiger partial charge in [0.25, 0.3) is 0 Å². The minimum Gasteiger partial charge on any atom is -0.395 e. The Morgan fingerprint density at radius 1 is 1.12 bits per heavy atom. The Labute approximate surface area is 97.9 Å². The average Bonchev–Trinajstić information content (AvgIpc) is 2.15. The van der Waals surface area contributed by atoms with Crippen LogP contribution in [0.2, 0.25) is 0 Å². The molecule has 0 fully saturated rings. The van der Waals surface area contributed by atoms with Crippen LogP contribution in [0.1, 0.15) is 38.8 Å². The Kier molecular flexibility index (Phi) is 3.76. The third-order valence-electron chi connectivity index (χ3n) is 2.74. The zero-order valence-electron chi connectivity index (χ0n) is 10.6. The summed E-state index contributed by atoms with van der Waals surface area (Å²) < 4.78 is 0. The first-order chi connectivity index (χ1) is 7.24. The van der Waals surface area contributed by atoms with E-state index in [1.165, 1.54) is 0 Å². The molecule has 2 nitrogen and oxygen atoms in total. The molecule has 90 valence electrons. The Bertz CT molecular complexity index is 348. The molecule has 2 N–H and O–H groups in total. The minimum atomic E-state index is -0.692. The predicted molar refractivity (Wildman–Crippen MR) is 66.6 cm³/mol. The fraction of sp³-hybridized carbons (Fsp3) is 0.571. The molecule has 0 radical (unpaired) electrons. The van der Waals surface area contributed by atoms with Crippen molar-refractivity contribution in [1.82, 2.24) is 0 Å². The van der Waals surface area contributed by atoms with Crippen molar-refractivity contribution in [2.24, 2.45) is 0 Å². The van der Waals surface area contributed by atoms with Crippen LogP contribution in [0.25, 0.3) is 0 Å². The van der Waals surface area contributed by atoms with Gasteiger partial charge in [0, 0.05) is 11.8 Å². The Balaban J connectivity index is 2.96. The van der Waals surface area contributed by atoms with Gasteiger partial charge in [0.05, 0.1) is 12.2 Å². The lowest BCUT2D eigenvalue weighted by molar-refractivity contribution is 0.0809. The van der Waals surface area contributed by atoms with Crippen LogP contribution in [0, 0.1) is 0 Å². The van der Waals surface area contributed by atoms with Crippen molar-refractivity contribution in [3.05, 3.63) is 35.4 Å². The molecule has 0 heterocycles. The van der Waals surface area contributed by atoms with E-state index in [-0.39, 0.29) is 12.0 Å². The molecule has 0 bridgehead atoms. The van der Waals surface area contributed by atoms with Crippen LogP contribution in [0.15, 0.2) is 24.3 Å². The molecule has 0 saturated heterocycles. The summed E-state index contributed by atoms with van der Waals surface area (Å²) in [5.41, 5.74) is 1.29. The van der Waals surface area contributed by atoms with Crippen LogP contribution in [-0.2, 0) is 11.8 Å². The highest BCUT2D eigenvalue weighted by Crippen LogP contribution is 2.24. The lowest BCUT2D eigenvalue weighted by atomic mass is 9.84. The van der Waals surface area contributed by atoms with Gasteiger partial charge in [0.15, 0.2) is 0 Å². The molecule has 0 aliphatic carbocycles. The van der Waals surface area contributed by atoms with E-state index in [0.717, 1.165) is 11.1 Å². The number of aliphatic hydroxyl groups excluding tert-OH is 1. The molecule has 0 saturated carbocycles. The average molecular weight is 222 g/mol. The summed E-state index contributed by atoms with van der Waals surface area (Å²) >= 11 is 0. The van der Waals surface area contributed by atoms with Crippen molar-refractivity contribution in [2.45, 2.75) is 45.1 Å². The maximum atomic E-state index is 9.77. The smallest absolute Gasteiger partial charge is 0.0631 e. The normalized spacial score (nSPS) is 12.9. The quantitative estimate of drug-likeness (QED) is 0.820. The third-order valence-corrected chi connectivity index (χ3v) is 2.74. The molecule has 1 aromatic carbocycles. The Hall–Kier alpha value is -0.860. The molecule has 0 atom stereocenters. The molecule has 0 aromatic heterocycles. The van der Waals surface area contributed by atoms with Crippen molar-refractivity contribution >= 4 is 0 Å². The predicted octanol–water partition coefficient (Wildman–Crippen LogP) is 2.27. The van der Waals surface area contributed by atoms with Crippen molar-refractivity contribution in [1.29, 1.82) is 0 Å². The van der Waals surface area contributed by atoms with Gasteiger partial charge in [-0.1, -0.05) is 38.1 Å². The summed E-state index contributed by atoms with van der Waals surface area (Å²) in [4.78, 5) is 0. The monoisotopic (exact) mass is 222 g/mol. The van der Waals surface area contributed by atoms with E-state index in [0.29, 0.717) is 6.42 Å². The molecule has 0 aliphatic rings. The summed E-state index contributed by atoms with van der Waals surface area (Å²) in [7, 11) is 0. The Morgan fingerprint density at radius 2 is 1.75 bits per heavy atom. The van der Waals surface area contributed by atoms with Crippen LogP contribution in [0.4, 0.5) is 0 Å². The summed E-state index contributed by atoms with van der Waals surface area (Å²) in [5.74, 6) is 0. The fourth-order valence-electron chi connectivity index (χ4n) is 1.69. The molecule has 0 spiro atoms. The number of aliphatic hydroxyl groups is 2. The third kappa shape index (κ3) is 3.62. The molecule has 0 aliphatic heterocycles. The number of rotatable bonds is 4. The van der Waals surface area contributed by atoms with Crippen LogP contribution >= 0.6 is 0 Å². The van der Waals surface area contributed by atoms with E-state index < -0.39 is 5.60 Å². The van der Waals surface area contributed by atoms with Gasteiger partial charge in [-0.15, -0.1) is 0 Å². The molecule has 1 rings (SSSR count). The number of hydrogen-bond acceptors (Lipinski definition) is 2. The summed E-state index contributed by atoms with van der Waals surface area (Å²) in [5, 5.41) is 19.1. The van der Waals surface area contributed by atoms with Crippen molar-refractivity contribution < 1.29 is 10.2 Å². The maximum absolute atomic E-state index is 9.77. The molecule has 16 heavy (non-hydrogen) atoms. The van der Waals surface area contributed by atoms with E-state index >= 15 is 0 Å². The van der Waals surface area contributed by atoms with Crippen molar-refractivity contribution in [3.63, 3.8) is 0 Å². The second-order valence-corrected chi connectivity index (χ2v) is 5.73. The van der Waals surface area contributed by atoms with E-state index in [1.807, 2.05) is 32.0 Å². The minimum absolute atomic E-state index is 0.124. The summed E-state index contributed by atoms with van der Waals surface area (Å²) in [6, 6.07) is 8.07. The van der Waals surface area contributed by atoms with Crippen molar-refractivity contribution in [3.8, 4) is 0 Å². The molecule has 2 heteroatoms. The first-order valence-electron chi connectivity index (χ1n) is 5.67. The SMILES string of the molecule is CC(C)(O)Cc1cccc(C(C)(C)CO)c1. The lowest BCUT2D eigenvalue weighted by Crippen LogP contribution is -2.24. The van der Waals surface area contributed by atoms with Gasteiger partial charge in [-0.3, -0.25) is 0 Å². The van der Waals surface area contributed by atoms with E-state index in [9.17, 15) is 10.2 Å². The number of hydrogen-bond donors (Lipinski definition) is 2. The molecular weight excluding hydrogens is 200 g/mol. The van der Waals surface area contributed by atoms with Crippen LogP contribution in [-0.4, -0.2) is 22.4 Å². The summed E-state index contributed by atoms with van der Waals surface area (Å²) in [6.45, 7) is 7.75. The maximum Gasteiger partial charge on any atom is 0.0631 e. The van der Waals surface area contributed by atoms with Gasteiger partial charge in [-0.25, -0.2) is 0 Å². The zero-order valence-corrected chi connectivity index (χ0v) is 10.6. The van der Waals surface area contributed by atoms with Gasteiger partial charge >= 0.3 is 0 Å². The van der Waals surface area contributed by atoms with Gasteiger partial charge in [-0.2, -0.15) is 0 Å². The van der Waals surface area contributed by atoms with E-state index in [4.69, 9.17) is 0 Å². The fourth-order valence-corrected chi connectivity index (χ4v) is 1.69. The molecule has 1 aromatic rings. The van der Waals surface area contributed by atoms with Crippen molar-refractivity contribution in [2.75, 3.05) is 6.61 Å². The van der Waals surface area contributed by atoms with Crippen LogP contribution in [0.5, 0.6) is 0 Å². The summed E-state index contributed by atoms with van der Waals surface area (Å²) in [6.07, 6.45) is 0.627. The van der Waals surface area contributed by atoms with Crippen LogP contribution in [0.3, 0.4) is 0 Å². The zero-order chi connectivity index (χ0) is 12.4. The highest BCUT2D eigenvalue weighted by atomic mass is 16.3.